The first-order chi connectivity index (χ1) is 9.13. The minimum atomic E-state index is -0.314. The molecular formula is C15H23NO3. The van der Waals surface area contributed by atoms with Crippen LogP contribution in [-0.4, -0.2) is 17.7 Å². The summed E-state index contributed by atoms with van der Waals surface area (Å²) in [6.07, 6.45) is 4.17. The first kappa shape index (κ1) is 15.5. The van der Waals surface area contributed by atoms with Gasteiger partial charge in [-0.15, -0.1) is 0 Å². The summed E-state index contributed by atoms with van der Waals surface area (Å²) in [7, 11) is 0. The number of ether oxygens (including phenoxy) is 1. The van der Waals surface area contributed by atoms with Gasteiger partial charge in [0.25, 0.3) is 0 Å². The second-order valence-corrected chi connectivity index (χ2v) is 4.79. The monoisotopic (exact) mass is 265 g/mol. The Morgan fingerprint density at radius 1 is 1.16 bits per heavy atom. The van der Waals surface area contributed by atoms with Crippen molar-refractivity contribution in [3.05, 3.63) is 29.3 Å². The summed E-state index contributed by atoms with van der Waals surface area (Å²) in [4.78, 5) is 10.8. The molecule has 19 heavy (non-hydrogen) atoms. The van der Waals surface area contributed by atoms with Crippen molar-refractivity contribution in [1.29, 1.82) is 0 Å². The van der Waals surface area contributed by atoms with Crippen molar-refractivity contribution >= 4 is 5.91 Å². The Balaban J connectivity index is 2.07. The van der Waals surface area contributed by atoms with Gasteiger partial charge in [-0.25, -0.2) is 5.48 Å². The van der Waals surface area contributed by atoms with E-state index in [9.17, 15) is 4.79 Å². The molecule has 0 unspecified atom stereocenters. The van der Waals surface area contributed by atoms with E-state index in [-0.39, 0.29) is 5.91 Å². The Morgan fingerprint density at radius 3 is 2.58 bits per heavy atom. The van der Waals surface area contributed by atoms with Gasteiger partial charge in [-0.2, -0.15) is 0 Å². The van der Waals surface area contributed by atoms with E-state index in [1.54, 1.807) is 5.48 Å². The van der Waals surface area contributed by atoms with Crippen LogP contribution in [0, 0.1) is 13.8 Å². The summed E-state index contributed by atoms with van der Waals surface area (Å²) >= 11 is 0. The maximum atomic E-state index is 10.8. The van der Waals surface area contributed by atoms with Crippen molar-refractivity contribution in [2.75, 3.05) is 6.61 Å². The van der Waals surface area contributed by atoms with E-state index in [0.717, 1.165) is 31.4 Å². The van der Waals surface area contributed by atoms with E-state index in [1.165, 1.54) is 11.1 Å². The predicted molar refractivity (Wildman–Crippen MR) is 74.4 cm³/mol. The van der Waals surface area contributed by atoms with Crippen LogP contribution in [0.15, 0.2) is 18.2 Å². The van der Waals surface area contributed by atoms with Gasteiger partial charge in [0, 0.05) is 6.42 Å². The third kappa shape index (κ3) is 6.25. The fourth-order valence-corrected chi connectivity index (χ4v) is 1.79. The van der Waals surface area contributed by atoms with Crippen LogP contribution in [0.2, 0.25) is 0 Å². The molecule has 2 N–H and O–H groups in total. The number of nitrogens with one attached hydrogen (secondary N) is 1. The minimum Gasteiger partial charge on any atom is -0.494 e. The lowest BCUT2D eigenvalue weighted by Gasteiger charge is -2.08. The summed E-state index contributed by atoms with van der Waals surface area (Å²) in [5, 5.41) is 8.32. The van der Waals surface area contributed by atoms with Crippen LogP contribution in [0.1, 0.15) is 43.2 Å². The molecule has 0 aliphatic rings. The lowest BCUT2D eigenvalue weighted by molar-refractivity contribution is -0.129. The second kappa shape index (κ2) is 8.53. The average Bonchev–Trinajstić information content (AvgIpc) is 2.41. The maximum absolute atomic E-state index is 10.8. The molecule has 106 valence electrons. The van der Waals surface area contributed by atoms with E-state index >= 15 is 0 Å². The molecule has 0 aromatic heterocycles. The zero-order chi connectivity index (χ0) is 14.1. The average molecular weight is 265 g/mol. The van der Waals surface area contributed by atoms with E-state index in [1.807, 2.05) is 6.07 Å². The Labute approximate surface area is 114 Å². The van der Waals surface area contributed by atoms with Gasteiger partial charge in [0.05, 0.1) is 6.61 Å². The predicted octanol–water partition coefficient (Wildman–Crippen LogP) is 3.14. The zero-order valence-electron chi connectivity index (χ0n) is 11.7. The summed E-state index contributed by atoms with van der Waals surface area (Å²) in [6.45, 7) is 4.87. The second-order valence-electron chi connectivity index (χ2n) is 4.79. The number of carbonyl (C=O) groups is 1. The number of carbonyl (C=O) groups excluding carboxylic acids is 1. The largest absolute Gasteiger partial charge is 0.494 e. The number of hydrogen-bond donors (Lipinski definition) is 2. The van der Waals surface area contributed by atoms with Gasteiger partial charge in [0.1, 0.15) is 5.75 Å². The molecule has 0 aliphatic heterocycles. The van der Waals surface area contributed by atoms with Gasteiger partial charge in [0.2, 0.25) is 5.91 Å². The van der Waals surface area contributed by atoms with Crippen LogP contribution in [-0.2, 0) is 4.79 Å². The first-order valence-corrected chi connectivity index (χ1v) is 6.76. The molecule has 0 spiro atoms. The fourth-order valence-electron chi connectivity index (χ4n) is 1.79. The molecule has 0 saturated heterocycles. The van der Waals surface area contributed by atoms with Crippen molar-refractivity contribution in [3.8, 4) is 5.75 Å². The Bertz CT molecular complexity index is 404. The first-order valence-electron chi connectivity index (χ1n) is 6.76. The zero-order valence-corrected chi connectivity index (χ0v) is 11.7. The maximum Gasteiger partial charge on any atom is 0.243 e. The van der Waals surface area contributed by atoms with Crippen LogP contribution in [0.5, 0.6) is 5.75 Å². The van der Waals surface area contributed by atoms with Crippen LogP contribution >= 0.6 is 0 Å². The highest BCUT2D eigenvalue weighted by molar-refractivity contribution is 5.74. The summed E-state index contributed by atoms with van der Waals surface area (Å²) in [6, 6.07) is 6.12. The number of unbranched alkanes of at least 4 members (excludes halogenated alkanes) is 3. The van der Waals surface area contributed by atoms with Crippen LogP contribution in [0.25, 0.3) is 0 Å². The van der Waals surface area contributed by atoms with Crippen molar-refractivity contribution < 1.29 is 14.7 Å². The number of hydroxylamine groups is 1. The standard InChI is InChI=1S/C15H23NO3/c1-12-8-9-14(11-13(12)2)19-10-6-4-3-5-7-15(17)16-18/h8-9,11,18H,3-7,10H2,1-2H3,(H,16,17). The molecular weight excluding hydrogens is 242 g/mol. The SMILES string of the molecule is Cc1ccc(OCCCCCCC(=O)NO)cc1C. The lowest BCUT2D eigenvalue weighted by Crippen LogP contribution is -2.17. The smallest absolute Gasteiger partial charge is 0.243 e. The summed E-state index contributed by atoms with van der Waals surface area (Å²) in [5.41, 5.74) is 4.15. The van der Waals surface area contributed by atoms with Gasteiger partial charge >= 0.3 is 0 Å². The van der Waals surface area contributed by atoms with Gasteiger partial charge < -0.3 is 4.74 Å². The molecule has 0 fully saturated rings. The van der Waals surface area contributed by atoms with Crippen LogP contribution in [0.4, 0.5) is 0 Å². The third-order valence-corrected chi connectivity index (χ3v) is 3.17. The molecule has 1 aromatic carbocycles. The van der Waals surface area contributed by atoms with Crippen LogP contribution < -0.4 is 10.2 Å². The fraction of sp³-hybridized carbons (Fsp3) is 0.533. The van der Waals surface area contributed by atoms with E-state index in [2.05, 4.69) is 26.0 Å². The van der Waals surface area contributed by atoms with Gasteiger partial charge in [-0.1, -0.05) is 18.9 Å². The normalized spacial score (nSPS) is 10.3. The lowest BCUT2D eigenvalue weighted by atomic mass is 10.1. The molecule has 4 nitrogen and oxygen atoms in total. The molecule has 0 saturated carbocycles. The van der Waals surface area contributed by atoms with E-state index in [0.29, 0.717) is 13.0 Å². The topological polar surface area (TPSA) is 58.6 Å². The molecule has 0 bridgehead atoms. The van der Waals surface area contributed by atoms with Crippen LogP contribution in [0.3, 0.4) is 0 Å². The minimum absolute atomic E-state index is 0.314. The van der Waals surface area contributed by atoms with E-state index in [4.69, 9.17) is 9.94 Å². The number of rotatable bonds is 8. The highest BCUT2D eigenvalue weighted by Crippen LogP contribution is 2.16. The number of hydrogen-bond acceptors (Lipinski definition) is 3. The quantitative estimate of drug-likeness (QED) is 0.431. The molecule has 4 heteroatoms. The number of benzene rings is 1. The number of aryl methyl sites for hydroxylation is 2. The van der Waals surface area contributed by atoms with Crippen molar-refractivity contribution in [1.82, 2.24) is 5.48 Å². The summed E-state index contributed by atoms with van der Waals surface area (Å²) < 4.78 is 5.67. The van der Waals surface area contributed by atoms with E-state index < -0.39 is 0 Å². The van der Waals surface area contributed by atoms with Crippen molar-refractivity contribution in [3.63, 3.8) is 0 Å². The van der Waals surface area contributed by atoms with Gasteiger partial charge in [-0.05, 0) is 49.9 Å². The molecule has 1 amide bonds. The van der Waals surface area contributed by atoms with Gasteiger partial charge in [-0.3, -0.25) is 10.0 Å². The third-order valence-electron chi connectivity index (χ3n) is 3.17. The molecule has 0 radical (unpaired) electrons. The van der Waals surface area contributed by atoms with Gasteiger partial charge in [0.15, 0.2) is 0 Å². The Hall–Kier alpha value is -1.55. The van der Waals surface area contributed by atoms with Crippen molar-refractivity contribution in [2.24, 2.45) is 0 Å². The summed E-state index contributed by atoms with van der Waals surface area (Å²) in [5.74, 6) is 0.606. The Kier molecular flexibility index (Phi) is 6.97. The molecule has 1 rings (SSSR count). The number of amides is 1. The molecule has 0 heterocycles. The highest BCUT2D eigenvalue weighted by atomic mass is 16.5. The Morgan fingerprint density at radius 2 is 1.89 bits per heavy atom. The molecule has 0 aliphatic carbocycles. The molecule has 0 atom stereocenters. The van der Waals surface area contributed by atoms with Crippen molar-refractivity contribution in [2.45, 2.75) is 46.0 Å². The molecule has 1 aromatic rings. The highest BCUT2D eigenvalue weighted by Gasteiger charge is 1.99.